The zero-order valence-corrected chi connectivity index (χ0v) is 33.5. The highest BCUT2D eigenvalue weighted by Crippen LogP contribution is 2.45. The Kier molecular flexibility index (Phi) is 12.2. The van der Waals surface area contributed by atoms with Crippen LogP contribution in [-0.2, 0) is 29.2 Å². The normalized spacial score (nSPS) is 18.1. The third kappa shape index (κ3) is 9.16. The maximum absolute atomic E-state index is 14.4. The number of pyridine rings is 1. The number of hydrogen-bond donors (Lipinski definition) is 0. The number of aromatic nitrogens is 3. The summed E-state index contributed by atoms with van der Waals surface area (Å²) in [6, 6.07) is 17.9. The van der Waals surface area contributed by atoms with E-state index in [9.17, 15) is 9.18 Å². The fourth-order valence-electron chi connectivity index (χ4n) is 7.35. The van der Waals surface area contributed by atoms with Crippen molar-refractivity contribution in [3.05, 3.63) is 94.7 Å². The van der Waals surface area contributed by atoms with Crippen LogP contribution >= 0.6 is 0 Å². The lowest BCUT2D eigenvalue weighted by Gasteiger charge is -2.51. The van der Waals surface area contributed by atoms with Gasteiger partial charge in [-0.05, 0) is 93.3 Å². The molecule has 3 aliphatic rings. The molecule has 1 unspecified atom stereocenters. The molecule has 7 rings (SSSR count). The van der Waals surface area contributed by atoms with Crippen molar-refractivity contribution in [2.75, 3.05) is 40.5 Å². The van der Waals surface area contributed by atoms with Gasteiger partial charge in [-0.25, -0.2) is 23.6 Å². The standard InChI is InChI=1S/C42H50FN6O4.C2H6/c1-6-41(2,3)53-28-49(4,5)40(50)31-12-13-36-37(21-31)48(23-33-16-19-51-33)38(45-36)24-47-26-42(27-47)17-14-30(15-18-42)35-8-7-9-39(46-35)52-25-32-11-10-29(22-44)20-34(32)43;1-2/h7-14,20-21,33H,6,15-19,23-28H2,1-5H3;1-2H3/q+1;. The molecule has 0 N–H and O–H groups in total. The van der Waals surface area contributed by atoms with Gasteiger partial charge in [-0.1, -0.05) is 39.0 Å². The van der Waals surface area contributed by atoms with Gasteiger partial charge in [-0.15, -0.1) is 0 Å². The van der Waals surface area contributed by atoms with Crippen molar-refractivity contribution in [3.63, 3.8) is 0 Å². The lowest BCUT2D eigenvalue weighted by atomic mass is 9.69. The Hall–Kier alpha value is -4.47. The topological polar surface area (TPSA) is 102 Å². The molecule has 2 aromatic carbocycles. The Morgan fingerprint density at radius 2 is 1.91 bits per heavy atom. The summed E-state index contributed by atoms with van der Waals surface area (Å²) in [6.07, 6.45) is 7.35. The second-order valence-electron chi connectivity index (χ2n) is 16.1. The van der Waals surface area contributed by atoms with Crippen molar-refractivity contribution < 1.29 is 27.9 Å². The summed E-state index contributed by atoms with van der Waals surface area (Å²) in [5.74, 6) is 1.00. The lowest BCUT2D eigenvalue weighted by molar-refractivity contribution is -0.832. The van der Waals surface area contributed by atoms with Gasteiger partial charge in [0.25, 0.3) is 0 Å². The number of imidazole rings is 1. The number of quaternary nitrogens is 1. The Labute approximate surface area is 325 Å². The van der Waals surface area contributed by atoms with Crippen molar-refractivity contribution in [1.82, 2.24) is 19.4 Å². The predicted molar refractivity (Wildman–Crippen MR) is 211 cm³/mol. The van der Waals surface area contributed by atoms with Gasteiger partial charge in [0.05, 0.1) is 72.8 Å². The van der Waals surface area contributed by atoms with Crippen LogP contribution in [-0.4, -0.2) is 82.1 Å². The number of rotatable bonds is 13. The first-order chi connectivity index (χ1) is 26.4. The average Bonchev–Trinajstić information content (AvgIpc) is 3.50. The second-order valence-corrected chi connectivity index (χ2v) is 16.1. The van der Waals surface area contributed by atoms with Crippen LogP contribution in [0.15, 0.2) is 60.7 Å². The highest BCUT2D eigenvalue weighted by atomic mass is 19.1. The summed E-state index contributed by atoms with van der Waals surface area (Å²) in [5.41, 5.74) is 5.22. The number of nitriles is 1. The van der Waals surface area contributed by atoms with Gasteiger partial charge in [0, 0.05) is 31.3 Å². The Morgan fingerprint density at radius 1 is 1.13 bits per heavy atom. The quantitative estimate of drug-likeness (QED) is 0.0994. The highest BCUT2D eigenvalue weighted by molar-refractivity contribution is 5.93. The smallest absolute Gasteiger partial charge is 0.347 e. The number of ether oxygens (including phenoxy) is 3. The zero-order valence-electron chi connectivity index (χ0n) is 33.5. The minimum atomic E-state index is -0.461. The van der Waals surface area contributed by atoms with Crippen LogP contribution in [0, 0.1) is 22.6 Å². The van der Waals surface area contributed by atoms with E-state index in [0.717, 1.165) is 87.4 Å². The van der Waals surface area contributed by atoms with Crippen LogP contribution in [0.4, 0.5) is 4.39 Å². The fourth-order valence-corrected chi connectivity index (χ4v) is 7.35. The fraction of sp³-hybridized carbons (Fsp3) is 0.500. The summed E-state index contributed by atoms with van der Waals surface area (Å²) >= 11 is 0. The molecular formula is C44H56FN6O4+. The molecule has 55 heavy (non-hydrogen) atoms. The van der Waals surface area contributed by atoms with E-state index in [2.05, 4.69) is 36.3 Å². The van der Waals surface area contributed by atoms with E-state index in [-0.39, 0.29) is 39.7 Å². The Balaban J connectivity index is 0.00000253. The number of benzene rings is 2. The van der Waals surface area contributed by atoms with Crippen molar-refractivity contribution in [2.45, 2.75) is 98.1 Å². The molecule has 4 heterocycles. The molecule has 2 aromatic heterocycles. The number of carbonyl (C=O) groups is 1. The average molecular weight is 752 g/mol. The maximum Gasteiger partial charge on any atom is 0.347 e. The maximum atomic E-state index is 14.4. The molecule has 1 spiro atoms. The molecule has 1 amide bonds. The summed E-state index contributed by atoms with van der Waals surface area (Å²) in [5, 5.41) is 9.00. The summed E-state index contributed by atoms with van der Waals surface area (Å²) in [6.45, 7) is 14.8. The van der Waals surface area contributed by atoms with Gasteiger partial charge in [0.2, 0.25) is 5.88 Å². The van der Waals surface area contributed by atoms with Crippen molar-refractivity contribution in [3.8, 4) is 11.9 Å². The van der Waals surface area contributed by atoms with Gasteiger partial charge in [0.15, 0.2) is 6.73 Å². The minimum Gasteiger partial charge on any atom is -0.473 e. The molecule has 2 saturated heterocycles. The van der Waals surface area contributed by atoms with Crippen molar-refractivity contribution >= 4 is 22.5 Å². The molecule has 11 heteroatoms. The number of nitrogens with zero attached hydrogens (tertiary/aromatic N) is 6. The predicted octanol–water partition coefficient (Wildman–Crippen LogP) is 8.28. The van der Waals surface area contributed by atoms with Crippen LogP contribution < -0.4 is 4.74 Å². The largest absolute Gasteiger partial charge is 0.473 e. The first-order valence-electron chi connectivity index (χ1n) is 19.7. The SMILES string of the molecule is CC.CCC(C)(C)OC[N+](C)(C)C(=O)c1ccc2nc(CN3CC4(CC=C(c5cccc(OCc6ccc(C#N)cc6F)n5)CC4)C3)n(CC3CCO3)c2c1. The van der Waals surface area contributed by atoms with Crippen LogP contribution in [0.25, 0.3) is 16.6 Å². The van der Waals surface area contributed by atoms with E-state index >= 15 is 0 Å². The number of likely N-dealkylation sites (tertiary alicyclic amines) is 1. The number of carbonyl (C=O) groups excluding carboxylic acids is 1. The second kappa shape index (κ2) is 16.7. The van der Waals surface area contributed by atoms with Crippen LogP contribution in [0.5, 0.6) is 5.88 Å². The van der Waals surface area contributed by atoms with Crippen LogP contribution in [0.3, 0.4) is 0 Å². The lowest BCUT2D eigenvalue weighted by Crippen LogP contribution is -2.56. The van der Waals surface area contributed by atoms with Gasteiger partial charge in [-0.3, -0.25) is 4.90 Å². The third-order valence-corrected chi connectivity index (χ3v) is 11.2. The summed E-state index contributed by atoms with van der Waals surface area (Å²) in [7, 11) is 3.80. The molecular weight excluding hydrogens is 696 g/mol. The molecule has 0 saturated carbocycles. The Morgan fingerprint density at radius 3 is 2.56 bits per heavy atom. The van der Waals surface area contributed by atoms with Gasteiger partial charge < -0.3 is 18.8 Å². The van der Waals surface area contributed by atoms with Gasteiger partial charge >= 0.3 is 5.91 Å². The van der Waals surface area contributed by atoms with Crippen LogP contribution in [0.2, 0.25) is 0 Å². The molecule has 0 radical (unpaired) electrons. The molecule has 2 fully saturated rings. The zero-order chi connectivity index (χ0) is 39.4. The molecule has 1 aliphatic carbocycles. The number of fused-ring (bicyclic) bond motifs is 1. The monoisotopic (exact) mass is 751 g/mol. The minimum absolute atomic E-state index is 0.00958. The molecule has 292 valence electrons. The number of hydrogen-bond acceptors (Lipinski definition) is 8. The van der Waals surface area contributed by atoms with E-state index in [1.165, 1.54) is 11.6 Å². The van der Waals surface area contributed by atoms with Crippen molar-refractivity contribution in [1.29, 1.82) is 5.26 Å². The molecule has 0 bridgehead atoms. The van der Waals surface area contributed by atoms with E-state index in [1.807, 2.05) is 64.3 Å². The third-order valence-electron chi connectivity index (χ3n) is 11.2. The molecule has 1 atom stereocenters. The number of amides is 1. The van der Waals surface area contributed by atoms with Crippen LogP contribution in [0.1, 0.15) is 99.7 Å². The van der Waals surface area contributed by atoms with E-state index in [4.69, 9.17) is 29.4 Å². The number of allylic oxidation sites excluding steroid dienone is 2. The van der Waals surface area contributed by atoms with Gasteiger partial charge in [-0.2, -0.15) is 5.26 Å². The number of halogens is 1. The Bertz CT molecular complexity index is 2070. The molecule has 4 aromatic rings. The van der Waals surface area contributed by atoms with E-state index in [1.54, 1.807) is 18.2 Å². The summed E-state index contributed by atoms with van der Waals surface area (Å²) < 4.78 is 34.6. The van der Waals surface area contributed by atoms with Crippen molar-refractivity contribution in [2.24, 2.45) is 5.41 Å². The molecule has 10 nitrogen and oxygen atoms in total. The van der Waals surface area contributed by atoms with Gasteiger partial charge in [0.1, 0.15) is 18.2 Å². The first-order valence-corrected chi connectivity index (χ1v) is 19.7. The molecule has 2 aliphatic heterocycles. The first kappa shape index (κ1) is 40.2. The summed E-state index contributed by atoms with van der Waals surface area (Å²) in [4.78, 5) is 26.1. The van der Waals surface area contributed by atoms with E-state index in [0.29, 0.717) is 23.7 Å². The highest BCUT2D eigenvalue weighted by Gasteiger charge is 2.44. The van der Waals surface area contributed by atoms with E-state index < -0.39 is 5.82 Å².